The Morgan fingerprint density at radius 1 is 1.30 bits per heavy atom. The molecule has 1 aliphatic rings. The van der Waals surface area contributed by atoms with Gasteiger partial charge >= 0.3 is 6.03 Å². The molecular formula is C16H23N3O3S. The van der Waals surface area contributed by atoms with Gasteiger partial charge in [-0.2, -0.15) is 0 Å². The number of carbonyl (C=O) groups is 1. The first-order chi connectivity index (χ1) is 10.7. The van der Waals surface area contributed by atoms with Crippen molar-refractivity contribution in [2.45, 2.75) is 31.8 Å². The number of rotatable bonds is 5. The van der Waals surface area contributed by atoms with Crippen molar-refractivity contribution in [2.75, 3.05) is 17.6 Å². The topological polar surface area (TPSA) is 78.5 Å². The highest BCUT2D eigenvalue weighted by Gasteiger charge is 2.26. The van der Waals surface area contributed by atoms with Crippen LogP contribution in [-0.2, 0) is 16.6 Å². The Labute approximate surface area is 137 Å². The molecule has 23 heavy (non-hydrogen) atoms. The van der Waals surface area contributed by atoms with Crippen molar-refractivity contribution in [1.82, 2.24) is 10.6 Å². The highest BCUT2D eigenvalue weighted by molar-refractivity contribution is 7.92. The molecule has 0 aliphatic heterocycles. The molecule has 2 rings (SSSR count). The van der Waals surface area contributed by atoms with E-state index in [2.05, 4.69) is 22.8 Å². The highest BCUT2D eigenvalue weighted by atomic mass is 32.2. The minimum atomic E-state index is -3.30. The zero-order valence-electron chi connectivity index (χ0n) is 13.7. The van der Waals surface area contributed by atoms with E-state index < -0.39 is 10.0 Å². The number of amides is 2. The van der Waals surface area contributed by atoms with Gasteiger partial charge in [0.2, 0.25) is 10.0 Å². The van der Waals surface area contributed by atoms with Crippen molar-refractivity contribution >= 4 is 21.7 Å². The summed E-state index contributed by atoms with van der Waals surface area (Å²) in [5.74, 6) is 0. The molecule has 0 saturated heterocycles. The lowest BCUT2D eigenvalue weighted by Crippen LogP contribution is -2.48. The third kappa shape index (κ3) is 4.72. The molecule has 7 heteroatoms. The molecular weight excluding hydrogens is 314 g/mol. The van der Waals surface area contributed by atoms with E-state index in [9.17, 15) is 13.2 Å². The summed E-state index contributed by atoms with van der Waals surface area (Å²) < 4.78 is 24.4. The van der Waals surface area contributed by atoms with E-state index in [1.807, 2.05) is 13.0 Å². The number of hydrogen-bond donors (Lipinski definition) is 2. The summed E-state index contributed by atoms with van der Waals surface area (Å²) in [7, 11) is -1.80. The monoisotopic (exact) mass is 337 g/mol. The van der Waals surface area contributed by atoms with Crippen LogP contribution in [0.5, 0.6) is 0 Å². The number of anilines is 1. The molecule has 1 aromatic rings. The summed E-state index contributed by atoms with van der Waals surface area (Å²) in [6.45, 7) is 2.34. The van der Waals surface area contributed by atoms with Crippen molar-refractivity contribution in [1.29, 1.82) is 0 Å². The molecule has 126 valence electrons. The fourth-order valence-corrected chi connectivity index (χ4v) is 2.92. The minimum Gasteiger partial charge on any atom is -0.334 e. The quantitative estimate of drug-likeness (QED) is 0.807. The average molecular weight is 337 g/mol. The van der Waals surface area contributed by atoms with Crippen LogP contribution >= 0.6 is 0 Å². The summed E-state index contributed by atoms with van der Waals surface area (Å²) in [6.07, 6.45) is 6.93. The molecule has 0 saturated carbocycles. The van der Waals surface area contributed by atoms with E-state index in [1.54, 1.807) is 18.2 Å². The summed E-state index contributed by atoms with van der Waals surface area (Å²) in [5.41, 5.74) is 1.18. The Kier molecular flexibility index (Phi) is 4.99. The van der Waals surface area contributed by atoms with Gasteiger partial charge in [0.1, 0.15) is 0 Å². The maximum Gasteiger partial charge on any atom is 0.315 e. The molecule has 0 fully saturated rings. The second-order valence-corrected chi connectivity index (χ2v) is 8.16. The predicted molar refractivity (Wildman–Crippen MR) is 91.8 cm³/mol. The molecule has 2 amide bonds. The molecule has 0 unspecified atom stereocenters. The van der Waals surface area contributed by atoms with Gasteiger partial charge in [-0.3, -0.25) is 4.31 Å². The maximum absolute atomic E-state index is 12.0. The lowest BCUT2D eigenvalue weighted by Gasteiger charge is -2.25. The van der Waals surface area contributed by atoms with E-state index in [-0.39, 0.29) is 11.6 Å². The molecule has 0 bridgehead atoms. The largest absolute Gasteiger partial charge is 0.334 e. The fraction of sp³-hybridized carbons (Fsp3) is 0.438. The van der Waals surface area contributed by atoms with Crippen LogP contribution in [0.25, 0.3) is 0 Å². The van der Waals surface area contributed by atoms with Crippen molar-refractivity contribution < 1.29 is 13.2 Å². The summed E-state index contributed by atoms with van der Waals surface area (Å²) >= 11 is 0. The van der Waals surface area contributed by atoms with Crippen LogP contribution in [0.1, 0.15) is 25.3 Å². The number of nitrogens with zero attached hydrogens (tertiary/aromatic N) is 1. The standard InChI is InChI=1S/C16H23N3O3S/c1-16(9-4-5-10-16)18-15(20)17-12-13-7-6-8-14(11-13)19(2)23(3,21)22/h4-8,11H,9-10,12H2,1-3H3,(H2,17,18,20). The SMILES string of the molecule is CN(c1cccc(CNC(=O)NC2(C)CC=CC2)c1)S(C)(=O)=O. The lowest BCUT2D eigenvalue weighted by atomic mass is 10.0. The van der Waals surface area contributed by atoms with E-state index in [0.717, 1.165) is 24.7 Å². The highest BCUT2D eigenvalue weighted by Crippen LogP contribution is 2.22. The molecule has 2 N–H and O–H groups in total. The van der Waals surface area contributed by atoms with Gasteiger partial charge in [0.05, 0.1) is 11.9 Å². The zero-order valence-corrected chi connectivity index (χ0v) is 14.5. The van der Waals surface area contributed by atoms with Crippen LogP contribution in [0, 0.1) is 0 Å². The van der Waals surface area contributed by atoms with Crippen LogP contribution in [-0.4, -0.2) is 33.3 Å². The van der Waals surface area contributed by atoms with Crippen LogP contribution in [0.15, 0.2) is 36.4 Å². The van der Waals surface area contributed by atoms with E-state index >= 15 is 0 Å². The van der Waals surface area contributed by atoms with Crippen LogP contribution in [0.2, 0.25) is 0 Å². The molecule has 0 spiro atoms. The Balaban J connectivity index is 1.94. The Hall–Kier alpha value is -2.02. The predicted octanol–water partition coefficient (Wildman–Crippen LogP) is 1.99. The summed E-state index contributed by atoms with van der Waals surface area (Å²) in [5, 5.41) is 5.78. The van der Waals surface area contributed by atoms with Gasteiger partial charge in [-0.05, 0) is 37.5 Å². The smallest absolute Gasteiger partial charge is 0.315 e. The second kappa shape index (κ2) is 6.62. The van der Waals surface area contributed by atoms with Crippen molar-refractivity contribution in [3.05, 3.63) is 42.0 Å². The lowest BCUT2D eigenvalue weighted by molar-refractivity contribution is 0.228. The number of benzene rings is 1. The first-order valence-electron chi connectivity index (χ1n) is 7.43. The second-order valence-electron chi connectivity index (χ2n) is 6.15. The third-order valence-corrected chi connectivity index (χ3v) is 5.15. The minimum absolute atomic E-state index is 0.220. The number of urea groups is 1. The van der Waals surface area contributed by atoms with Crippen LogP contribution in [0.4, 0.5) is 10.5 Å². The fourth-order valence-electron chi connectivity index (χ4n) is 2.43. The normalized spacial score (nSPS) is 16.1. The first kappa shape index (κ1) is 17.3. The first-order valence-corrected chi connectivity index (χ1v) is 9.28. The van der Waals surface area contributed by atoms with Crippen molar-refractivity contribution in [3.8, 4) is 0 Å². The van der Waals surface area contributed by atoms with Gasteiger partial charge in [-0.15, -0.1) is 0 Å². The van der Waals surface area contributed by atoms with Crippen molar-refractivity contribution in [3.63, 3.8) is 0 Å². The van der Waals surface area contributed by atoms with E-state index in [0.29, 0.717) is 12.2 Å². The maximum atomic E-state index is 12.0. The zero-order chi connectivity index (χ0) is 17.1. The van der Waals surface area contributed by atoms with Crippen molar-refractivity contribution in [2.24, 2.45) is 0 Å². The van der Waals surface area contributed by atoms with Gasteiger partial charge < -0.3 is 10.6 Å². The molecule has 0 radical (unpaired) electrons. The molecule has 6 nitrogen and oxygen atoms in total. The van der Waals surface area contributed by atoms with Crippen LogP contribution < -0.4 is 14.9 Å². The van der Waals surface area contributed by atoms with Gasteiger partial charge in [0.25, 0.3) is 0 Å². The molecule has 0 atom stereocenters. The number of hydrogen-bond acceptors (Lipinski definition) is 3. The molecule has 1 aromatic carbocycles. The van der Waals surface area contributed by atoms with Gasteiger partial charge in [0.15, 0.2) is 0 Å². The van der Waals surface area contributed by atoms with Gasteiger partial charge in [0, 0.05) is 19.1 Å². The third-order valence-electron chi connectivity index (χ3n) is 3.94. The van der Waals surface area contributed by atoms with E-state index in [1.165, 1.54) is 11.4 Å². The van der Waals surface area contributed by atoms with E-state index in [4.69, 9.17) is 0 Å². The molecule has 1 aliphatic carbocycles. The molecule has 0 aromatic heterocycles. The number of carbonyl (C=O) groups excluding carboxylic acids is 1. The number of nitrogens with one attached hydrogen (secondary N) is 2. The Morgan fingerprint density at radius 3 is 2.57 bits per heavy atom. The summed E-state index contributed by atoms with van der Waals surface area (Å²) in [4.78, 5) is 12.0. The number of sulfonamides is 1. The average Bonchev–Trinajstić information content (AvgIpc) is 2.90. The Morgan fingerprint density at radius 2 is 1.96 bits per heavy atom. The Bertz CT molecular complexity index is 705. The van der Waals surface area contributed by atoms with Gasteiger partial charge in [-0.25, -0.2) is 13.2 Å². The molecule has 0 heterocycles. The van der Waals surface area contributed by atoms with Crippen LogP contribution in [0.3, 0.4) is 0 Å². The summed E-state index contributed by atoms with van der Waals surface area (Å²) in [6, 6.07) is 6.86. The van der Waals surface area contributed by atoms with Gasteiger partial charge in [-0.1, -0.05) is 24.3 Å².